The van der Waals surface area contributed by atoms with Crippen LogP contribution < -0.4 is 16.0 Å². The van der Waals surface area contributed by atoms with Crippen molar-refractivity contribution < 1.29 is 43.3 Å². The van der Waals surface area contributed by atoms with Gasteiger partial charge in [-0.2, -0.15) is 0 Å². The predicted octanol–water partition coefficient (Wildman–Crippen LogP) is 6.98. The van der Waals surface area contributed by atoms with Crippen molar-refractivity contribution in [2.45, 2.75) is 95.4 Å². The van der Waals surface area contributed by atoms with E-state index in [1.807, 2.05) is 91.0 Å². The summed E-state index contributed by atoms with van der Waals surface area (Å²) < 4.78 is 11.5. The Morgan fingerprint density at radius 2 is 1.10 bits per heavy atom. The predicted molar refractivity (Wildman–Crippen MR) is 239 cm³/mol. The number of carbonyl (C=O) groups excluding carboxylic acids is 5. The molecule has 1 heterocycles. The summed E-state index contributed by atoms with van der Waals surface area (Å²) in [5.74, 6) is -4.65. The second-order valence-electron chi connectivity index (χ2n) is 16.8. The van der Waals surface area contributed by atoms with Gasteiger partial charge in [-0.05, 0) is 69.9 Å². The van der Waals surface area contributed by atoms with Crippen LogP contribution in [0.1, 0.15) is 77.1 Å². The van der Waals surface area contributed by atoms with Gasteiger partial charge in [-0.25, -0.2) is 9.59 Å². The summed E-state index contributed by atoms with van der Waals surface area (Å²) in [6.07, 6.45) is 0.106. The average Bonchev–Trinajstić information content (AvgIpc) is 3.58. The Morgan fingerprint density at radius 3 is 1.58 bits per heavy atom. The van der Waals surface area contributed by atoms with Crippen LogP contribution in [0.2, 0.25) is 0 Å². The molecule has 4 aromatic carbocycles. The molecular weight excluding hydrogens is 809 g/mol. The number of fused-ring (bicyclic) bond motifs is 1. The van der Waals surface area contributed by atoms with Crippen molar-refractivity contribution in [3.63, 3.8) is 0 Å². The Morgan fingerprint density at radius 1 is 0.629 bits per heavy atom. The van der Waals surface area contributed by atoms with Crippen LogP contribution in [-0.2, 0) is 44.6 Å². The first-order valence-electron chi connectivity index (χ1n) is 20.2. The summed E-state index contributed by atoms with van der Waals surface area (Å²) in [5, 5.41) is 19.0. The number of amides is 3. The number of ether oxygens (including phenoxy) is 2. The minimum atomic E-state index is -1.62. The number of para-hydroxylation sites is 1. The summed E-state index contributed by atoms with van der Waals surface area (Å²) in [6, 6.07) is 31.5. The van der Waals surface area contributed by atoms with Gasteiger partial charge in [0, 0.05) is 30.7 Å². The number of aromatic nitrogens is 1. The number of esters is 1. The summed E-state index contributed by atoms with van der Waals surface area (Å²) in [6.45, 7) is 11.4. The zero-order valence-electron chi connectivity index (χ0n) is 36.0. The molecule has 13 nitrogen and oxygen atoms in total. The van der Waals surface area contributed by atoms with E-state index in [2.05, 4.69) is 16.0 Å². The molecule has 14 heteroatoms. The Bertz CT molecular complexity index is 2280. The number of nitrogens with one attached hydrogen (secondary N) is 3. The molecule has 5 rings (SSSR count). The first-order valence-corrected chi connectivity index (χ1v) is 21.2. The molecule has 3 amide bonds. The molecule has 0 spiro atoms. The fourth-order valence-electron chi connectivity index (χ4n) is 7.00. The Kier molecular flexibility index (Phi) is 15.0. The number of benzene rings is 4. The second kappa shape index (κ2) is 20.0. The summed E-state index contributed by atoms with van der Waals surface area (Å²) in [4.78, 5) is 80.5. The number of hydrogen-bond donors (Lipinski definition) is 4. The molecule has 1 aromatic heterocycles. The largest absolute Gasteiger partial charge is 0.480 e. The molecule has 62 heavy (non-hydrogen) atoms. The van der Waals surface area contributed by atoms with Crippen molar-refractivity contribution in [3.8, 4) is 0 Å². The third kappa shape index (κ3) is 12.1. The van der Waals surface area contributed by atoms with E-state index in [9.17, 15) is 33.9 Å². The molecule has 0 saturated carbocycles. The highest BCUT2D eigenvalue weighted by Crippen LogP contribution is 2.48. The fourth-order valence-corrected chi connectivity index (χ4v) is 8.56. The van der Waals surface area contributed by atoms with Crippen molar-refractivity contribution in [2.75, 3.05) is 5.75 Å². The van der Waals surface area contributed by atoms with Gasteiger partial charge in [-0.3, -0.25) is 23.7 Å². The van der Waals surface area contributed by atoms with Gasteiger partial charge in [0.15, 0.2) is 0 Å². The second-order valence-corrected chi connectivity index (χ2v) is 18.1. The third-order valence-electron chi connectivity index (χ3n) is 9.55. The lowest BCUT2D eigenvalue weighted by molar-refractivity contribution is -0.156. The number of thioether (sulfide) groups is 1. The molecule has 4 N–H and O–H groups in total. The van der Waals surface area contributed by atoms with Crippen molar-refractivity contribution in [1.29, 1.82) is 0 Å². The minimum absolute atomic E-state index is 0.128. The van der Waals surface area contributed by atoms with Crippen molar-refractivity contribution in [1.82, 2.24) is 20.5 Å². The number of carbonyl (C=O) groups is 6. The molecule has 0 aliphatic carbocycles. The third-order valence-corrected chi connectivity index (χ3v) is 11.2. The Hall–Kier alpha value is -6.41. The molecule has 0 aliphatic rings. The lowest BCUT2D eigenvalue weighted by Crippen LogP contribution is -2.57. The first-order chi connectivity index (χ1) is 29.3. The quantitative estimate of drug-likeness (QED) is 0.0597. The number of carboxylic acid groups (broad SMARTS) is 1. The monoisotopic (exact) mass is 862 g/mol. The molecular formula is C48H54N4O9S. The van der Waals surface area contributed by atoms with E-state index in [1.165, 1.54) is 29.4 Å². The van der Waals surface area contributed by atoms with E-state index in [0.29, 0.717) is 16.5 Å². The maximum absolute atomic E-state index is 14.3. The molecule has 0 radical (unpaired) electrons. The van der Waals surface area contributed by atoms with E-state index in [0.717, 1.165) is 16.7 Å². The van der Waals surface area contributed by atoms with Crippen LogP contribution in [0.4, 0.5) is 4.79 Å². The normalized spacial score (nSPS) is 13.3. The number of nitrogens with zero attached hydrogens (tertiary/aromatic N) is 1. The van der Waals surface area contributed by atoms with Crippen LogP contribution in [0.25, 0.3) is 10.9 Å². The van der Waals surface area contributed by atoms with Crippen LogP contribution in [0.5, 0.6) is 0 Å². The highest BCUT2D eigenvalue weighted by molar-refractivity contribution is 8.00. The van der Waals surface area contributed by atoms with Gasteiger partial charge in [-0.15, -0.1) is 11.8 Å². The molecule has 3 atom stereocenters. The Balaban J connectivity index is 1.46. The molecule has 0 aliphatic heterocycles. The van der Waals surface area contributed by atoms with Crippen molar-refractivity contribution >= 4 is 58.4 Å². The highest BCUT2D eigenvalue weighted by Gasteiger charge is 2.40. The van der Waals surface area contributed by atoms with Crippen LogP contribution in [-0.4, -0.2) is 80.5 Å². The van der Waals surface area contributed by atoms with Gasteiger partial charge in [-0.1, -0.05) is 109 Å². The smallest absolute Gasteiger partial charge is 0.419 e. The highest BCUT2D eigenvalue weighted by atomic mass is 32.2. The maximum atomic E-state index is 14.3. The van der Waals surface area contributed by atoms with Gasteiger partial charge >= 0.3 is 18.0 Å². The summed E-state index contributed by atoms with van der Waals surface area (Å²) in [5.41, 5.74) is 1.92. The Labute approximate surface area is 365 Å². The van der Waals surface area contributed by atoms with Gasteiger partial charge in [0.1, 0.15) is 29.3 Å². The number of aliphatic carboxylic acids is 1. The van der Waals surface area contributed by atoms with Gasteiger partial charge < -0.3 is 30.5 Å². The number of hydrogen-bond acceptors (Lipinski definition) is 9. The fraction of sp³-hybridized carbons (Fsp3) is 0.333. The average molecular weight is 863 g/mol. The first kappa shape index (κ1) is 46.7. The lowest BCUT2D eigenvalue weighted by Gasteiger charge is -2.36. The molecule has 0 fully saturated rings. The standard InChI is InChI=1S/C48H54N4O9S/c1-31(53)49-37(27-32-29-52(45(59)61-47(5,6)7)40-26-18-17-25-36(32)40)42(55)50-38(28-41(54)60-46(2,3)4)43(56)51-39(44(57)58)30-62-48(33-19-11-8-12-20-33,34-21-13-9-14-22-34)35-23-15-10-16-24-35/h8-26,29,37-39H,27-28,30H2,1-7H3,(H,49,53)(H,50,55)(H,51,56)(H,57,58)/t37-,38-,39-/m0/s1. The molecule has 0 bridgehead atoms. The van der Waals surface area contributed by atoms with Crippen LogP contribution in [0.15, 0.2) is 121 Å². The molecule has 0 saturated heterocycles. The number of rotatable bonds is 16. The van der Waals surface area contributed by atoms with Crippen LogP contribution in [0.3, 0.4) is 0 Å². The van der Waals surface area contributed by atoms with E-state index in [1.54, 1.807) is 65.8 Å². The topological polar surface area (TPSA) is 182 Å². The van der Waals surface area contributed by atoms with Crippen molar-refractivity contribution in [3.05, 3.63) is 144 Å². The summed E-state index contributed by atoms with van der Waals surface area (Å²) in [7, 11) is 0. The maximum Gasteiger partial charge on any atom is 0.419 e. The molecule has 326 valence electrons. The zero-order valence-corrected chi connectivity index (χ0v) is 36.8. The minimum Gasteiger partial charge on any atom is -0.480 e. The zero-order chi connectivity index (χ0) is 45.2. The SMILES string of the molecule is CC(=O)N[C@@H](Cc1cn(C(=O)OC(C)(C)C)c2ccccc12)C(=O)N[C@@H](CC(=O)OC(C)(C)C)C(=O)N[C@@H](CSC(c1ccccc1)(c1ccccc1)c1ccccc1)C(=O)O. The van der Waals surface area contributed by atoms with E-state index >= 15 is 0 Å². The summed E-state index contributed by atoms with van der Waals surface area (Å²) >= 11 is 1.32. The van der Waals surface area contributed by atoms with E-state index in [-0.39, 0.29) is 12.2 Å². The van der Waals surface area contributed by atoms with Gasteiger partial charge in [0.2, 0.25) is 17.7 Å². The molecule has 0 unspecified atom stereocenters. The lowest BCUT2D eigenvalue weighted by atomic mass is 9.84. The van der Waals surface area contributed by atoms with Crippen LogP contribution in [0, 0.1) is 0 Å². The molecule has 5 aromatic rings. The van der Waals surface area contributed by atoms with E-state index in [4.69, 9.17) is 9.47 Å². The van der Waals surface area contributed by atoms with Crippen molar-refractivity contribution in [2.24, 2.45) is 0 Å². The van der Waals surface area contributed by atoms with Gasteiger partial charge in [0.05, 0.1) is 16.7 Å². The van der Waals surface area contributed by atoms with Gasteiger partial charge in [0.25, 0.3) is 0 Å². The van der Waals surface area contributed by atoms with Crippen LogP contribution >= 0.6 is 11.8 Å². The van der Waals surface area contributed by atoms with E-state index < -0.39 is 76.2 Å². The number of carboxylic acids is 1.